The Bertz CT molecular complexity index is 709. The van der Waals surface area contributed by atoms with Crippen LogP contribution in [0.2, 0.25) is 0 Å². The number of aromatic nitrogens is 2. The molecule has 0 aliphatic carbocycles. The van der Waals surface area contributed by atoms with Gasteiger partial charge in [0.1, 0.15) is 0 Å². The number of thiophene rings is 1. The summed E-state index contributed by atoms with van der Waals surface area (Å²) in [5, 5.41) is 0. The fourth-order valence-corrected chi connectivity index (χ4v) is 5.04. The molecule has 0 radical (unpaired) electrons. The fraction of sp³-hybridized carbons (Fsp3) is 0.556. The second kappa shape index (κ2) is 7.10. The summed E-state index contributed by atoms with van der Waals surface area (Å²) >= 11 is 5.37. The predicted octanol–water partition coefficient (Wildman–Crippen LogP) is 4.10. The van der Waals surface area contributed by atoms with Gasteiger partial charge in [-0.2, -0.15) is 0 Å². The van der Waals surface area contributed by atoms with Crippen molar-refractivity contribution in [3.05, 3.63) is 38.3 Å². The summed E-state index contributed by atoms with van der Waals surface area (Å²) in [6, 6.07) is 4.34. The molecular weight excluding hydrogens is 384 g/mol. The number of nitrogens with zero attached hydrogens (tertiary/aromatic N) is 4. The van der Waals surface area contributed by atoms with Gasteiger partial charge < -0.3 is 4.90 Å². The van der Waals surface area contributed by atoms with E-state index in [1.165, 1.54) is 32.8 Å². The van der Waals surface area contributed by atoms with Crippen LogP contribution in [0.15, 0.2) is 22.1 Å². The summed E-state index contributed by atoms with van der Waals surface area (Å²) in [6.45, 7) is 7.59. The van der Waals surface area contributed by atoms with E-state index >= 15 is 0 Å². The summed E-state index contributed by atoms with van der Waals surface area (Å²) in [6.07, 6.45) is 5.60. The number of hydrogen-bond donors (Lipinski definition) is 0. The van der Waals surface area contributed by atoms with Gasteiger partial charge in [0.15, 0.2) is 0 Å². The lowest BCUT2D eigenvalue weighted by atomic mass is 9.99. The molecule has 4 nitrogen and oxygen atoms in total. The molecule has 0 bridgehead atoms. The van der Waals surface area contributed by atoms with Gasteiger partial charge in [-0.15, -0.1) is 11.3 Å². The van der Waals surface area contributed by atoms with Crippen molar-refractivity contribution in [3.8, 4) is 0 Å². The largest absolute Gasteiger partial charge is 0.341 e. The number of hydrogen-bond acceptors (Lipinski definition) is 5. The van der Waals surface area contributed by atoms with E-state index in [0.717, 1.165) is 51.0 Å². The van der Waals surface area contributed by atoms with Crippen molar-refractivity contribution < 1.29 is 0 Å². The molecule has 0 unspecified atom stereocenters. The molecule has 0 amide bonds. The molecule has 6 heteroatoms. The third-order valence-corrected chi connectivity index (χ3v) is 6.68. The highest BCUT2D eigenvalue weighted by atomic mass is 79.9. The van der Waals surface area contributed by atoms with Gasteiger partial charge in [0, 0.05) is 55.8 Å². The minimum Gasteiger partial charge on any atom is -0.341 e. The molecular formula is C18H23BrN4S. The smallest absolute Gasteiger partial charge is 0.225 e. The topological polar surface area (TPSA) is 32.3 Å². The Morgan fingerprint density at radius 3 is 2.83 bits per heavy atom. The Morgan fingerprint density at radius 1 is 1.25 bits per heavy atom. The lowest BCUT2D eigenvalue weighted by molar-refractivity contribution is 0.245. The summed E-state index contributed by atoms with van der Waals surface area (Å²) in [7, 11) is 0. The van der Waals surface area contributed by atoms with Crippen molar-refractivity contribution in [2.24, 2.45) is 5.92 Å². The van der Waals surface area contributed by atoms with E-state index in [-0.39, 0.29) is 0 Å². The molecule has 24 heavy (non-hydrogen) atoms. The van der Waals surface area contributed by atoms with Crippen LogP contribution in [0, 0.1) is 5.92 Å². The molecule has 2 aliphatic rings. The van der Waals surface area contributed by atoms with Crippen LogP contribution in [-0.4, -0.2) is 34.5 Å². The van der Waals surface area contributed by atoms with Crippen molar-refractivity contribution in [2.45, 2.75) is 39.3 Å². The first-order valence-electron chi connectivity index (χ1n) is 8.73. The summed E-state index contributed by atoms with van der Waals surface area (Å²) in [5.74, 6) is 1.78. The second-order valence-corrected chi connectivity index (χ2v) is 9.53. The number of piperidine rings is 1. The first-order valence-corrected chi connectivity index (χ1v) is 10.3. The van der Waals surface area contributed by atoms with E-state index in [2.05, 4.69) is 56.0 Å². The zero-order valence-electron chi connectivity index (χ0n) is 14.0. The summed E-state index contributed by atoms with van der Waals surface area (Å²) in [4.78, 5) is 15.8. The maximum absolute atomic E-state index is 4.89. The average molecular weight is 407 g/mol. The van der Waals surface area contributed by atoms with E-state index in [1.54, 1.807) is 0 Å². The van der Waals surface area contributed by atoms with Gasteiger partial charge >= 0.3 is 0 Å². The number of halogens is 1. The molecule has 0 saturated carbocycles. The minimum absolute atomic E-state index is 0.838. The van der Waals surface area contributed by atoms with Crippen LogP contribution in [0.4, 0.5) is 5.95 Å². The van der Waals surface area contributed by atoms with E-state index < -0.39 is 0 Å². The summed E-state index contributed by atoms with van der Waals surface area (Å²) < 4.78 is 1.21. The van der Waals surface area contributed by atoms with E-state index in [0.29, 0.717) is 0 Å². The average Bonchev–Trinajstić information content (AvgIpc) is 3.00. The van der Waals surface area contributed by atoms with Crippen molar-refractivity contribution in [2.75, 3.05) is 24.5 Å². The minimum atomic E-state index is 0.838. The number of rotatable bonds is 3. The second-order valence-electron chi connectivity index (χ2n) is 6.98. The van der Waals surface area contributed by atoms with Crippen LogP contribution in [-0.2, 0) is 19.5 Å². The Hall–Kier alpha value is -0.980. The lowest BCUT2D eigenvalue weighted by Gasteiger charge is -2.32. The van der Waals surface area contributed by atoms with Crippen molar-refractivity contribution >= 4 is 33.2 Å². The van der Waals surface area contributed by atoms with Gasteiger partial charge in [-0.3, -0.25) is 4.90 Å². The van der Waals surface area contributed by atoms with Crippen LogP contribution >= 0.6 is 27.3 Å². The number of fused-ring (bicyclic) bond motifs is 1. The molecule has 2 aliphatic heterocycles. The van der Waals surface area contributed by atoms with Crippen molar-refractivity contribution in [3.63, 3.8) is 0 Å². The molecule has 0 aromatic carbocycles. The fourth-order valence-electron chi connectivity index (χ4n) is 3.52. The third kappa shape index (κ3) is 3.65. The van der Waals surface area contributed by atoms with Crippen LogP contribution in [0.5, 0.6) is 0 Å². The predicted molar refractivity (Wildman–Crippen MR) is 102 cm³/mol. The molecule has 1 fully saturated rings. The standard InChI is InChI=1S/C18H23BrN4S/c1-13-4-8-23(9-5-13)18-20-10-14-11-22(7-6-16(14)21-18)12-15-2-3-17(19)24-15/h2-3,10,13H,4-9,11-12H2,1H3. The van der Waals surface area contributed by atoms with Gasteiger partial charge in [0.2, 0.25) is 5.95 Å². The Labute approximate surface area is 156 Å². The van der Waals surface area contributed by atoms with Gasteiger partial charge in [0.25, 0.3) is 0 Å². The van der Waals surface area contributed by atoms with Gasteiger partial charge in [-0.05, 0) is 46.8 Å². The molecule has 128 valence electrons. The molecule has 1 saturated heterocycles. The highest BCUT2D eigenvalue weighted by Gasteiger charge is 2.22. The van der Waals surface area contributed by atoms with E-state index in [1.807, 2.05) is 11.3 Å². The Morgan fingerprint density at radius 2 is 2.08 bits per heavy atom. The molecule has 0 N–H and O–H groups in total. The van der Waals surface area contributed by atoms with E-state index in [9.17, 15) is 0 Å². The molecule has 2 aromatic heterocycles. The monoisotopic (exact) mass is 406 g/mol. The molecule has 2 aromatic rings. The first kappa shape index (κ1) is 16.5. The maximum Gasteiger partial charge on any atom is 0.225 e. The lowest BCUT2D eigenvalue weighted by Crippen LogP contribution is -2.35. The van der Waals surface area contributed by atoms with Crippen LogP contribution in [0.1, 0.15) is 35.9 Å². The maximum atomic E-state index is 4.89. The molecule has 0 atom stereocenters. The van der Waals surface area contributed by atoms with Gasteiger partial charge in [0.05, 0.1) is 9.48 Å². The van der Waals surface area contributed by atoms with Crippen molar-refractivity contribution in [1.29, 1.82) is 0 Å². The normalized spacial score (nSPS) is 19.5. The highest BCUT2D eigenvalue weighted by Crippen LogP contribution is 2.27. The number of anilines is 1. The SMILES string of the molecule is CC1CCN(c2ncc3c(n2)CCN(Cc2ccc(Br)s2)C3)CC1. The van der Waals surface area contributed by atoms with E-state index in [4.69, 9.17) is 4.98 Å². The van der Waals surface area contributed by atoms with Crippen LogP contribution in [0.25, 0.3) is 0 Å². The van der Waals surface area contributed by atoms with Gasteiger partial charge in [-0.1, -0.05) is 6.92 Å². The van der Waals surface area contributed by atoms with Crippen LogP contribution in [0.3, 0.4) is 0 Å². The van der Waals surface area contributed by atoms with Crippen molar-refractivity contribution in [1.82, 2.24) is 14.9 Å². The zero-order chi connectivity index (χ0) is 16.5. The van der Waals surface area contributed by atoms with Gasteiger partial charge in [-0.25, -0.2) is 9.97 Å². The molecule has 4 rings (SSSR count). The summed E-state index contributed by atoms with van der Waals surface area (Å²) in [5.41, 5.74) is 2.55. The zero-order valence-corrected chi connectivity index (χ0v) is 16.4. The molecule has 0 spiro atoms. The third-order valence-electron chi connectivity index (χ3n) is 5.08. The van der Waals surface area contributed by atoms with Crippen LogP contribution < -0.4 is 4.90 Å². The molecule has 4 heterocycles. The first-order chi connectivity index (χ1) is 11.7. The Kier molecular flexibility index (Phi) is 4.88. The quantitative estimate of drug-likeness (QED) is 0.767. The highest BCUT2D eigenvalue weighted by molar-refractivity contribution is 9.11. The Balaban J connectivity index is 1.43.